The number of fused-ring (bicyclic) bond motifs is 4. The zero-order valence-corrected chi connectivity index (χ0v) is 94.3. The van der Waals surface area contributed by atoms with Crippen LogP contribution in [0.1, 0.15) is 248 Å². The predicted molar refractivity (Wildman–Crippen MR) is 571 cm³/mol. The van der Waals surface area contributed by atoms with Crippen LogP contribution in [-0.4, -0.2) is 307 Å². The van der Waals surface area contributed by atoms with E-state index in [0.717, 1.165) is 139 Å². The highest BCUT2D eigenvalue weighted by Gasteiger charge is 2.38. The lowest BCUT2D eigenvalue weighted by molar-refractivity contribution is -0.147. The molecule has 6 saturated heterocycles. The first-order valence-electron chi connectivity index (χ1n) is 49.0. The van der Waals surface area contributed by atoms with E-state index in [1.807, 2.05) is 181 Å². The molecule has 0 aliphatic carbocycles. The minimum atomic E-state index is -3.47. The Bertz CT molecular complexity index is 6160. The van der Waals surface area contributed by atoms with Crippen LogP contribution in [0, 0.1) is 11.8 Å². The molecule has 6 amide bonds. The maximum atomic E-state index is 12.3. The second-order valence-electron chi connectivity index (χ2n) is 42.2. The van der Waals surface area contributed by atoms with Crippen molar-refractivity contribution in [2.75, 3.05) is 133 Å². The number of rotatable bonds is 10. The summed E-state index contributed by atoms with van der Waals surface area (Å²) in [6.07, 6.45) is 40.0. The molecule has 16 rings (SSSR count). The maximum Gasteiger partial charge on any atom is 0.410 e. The fraction of sp³-hybridized carbons (Fsp3) is 0.596. The van der Waals surface area contributed by atoms with Gasteiger partial charge >= 0.3 is 42.5 Å². The van der Waals surface area contributed by atoms with Gasteiger partial charge in [0.05, 0.1) is 47.9 Å². The molecule has 148 heavy (non-hydrogen) atoms. The van der Waals surface area contributed by atoms with Crippen LogP contribution < -0.4 is 22.9 Å². The molecule has 0 spiro atoms. The van der Waals surface area contributed by atoms with Gasteiger partial charge in [-0.05, 0) is 230 Å². The Morgan fingerprint density at radius 2 is 0.703 bits per heavy atom. The van der Waals surface area contributed by atoms with Gasteiger partial charge in [0, 0.05) is 201 Å². The molecule has 6 unspecified atom stereocenters. The van der Waals surface area contributed by atoms with Gasteiger partial charge in [0.25, 0.3) is 0 Å². The summed E-state index contributed by atoms with van der Waals surface area (Å²) in [6, 6.07) is 0. The average molecular weight is 2220 g/mol. The topological polar surface area (TPSA) is 531 Å². The summed E-state index contributed by atoms with van der Waals surface area (Å²) < 4.78 is 69.3. The summed E-state index contributed by atoms with van der Waals surface area (Å²) in [5.41, 5.74) is 25.6. The molecular formula is C99H145BrCl2N26O17S3. The van der Waals surface area contributed by atoms with Crippen LogP contribution in [-0.2, 0) is 52.6 Å². The molecule has 0 radical (unpaired) electrons. The monoisotopic (exact) mass is 2210 g/mol. The highest BCUT2D eigenvalue weighted by atomic mass is 79.9. The second-order valence-corrected chi connectivity index (χ2v) is 47.1. The minimum absolute atomic E-state index is 0.0138. The number of Topliss-reactive ketones (excluding diaryl/α,β-unsaturated/α-hetero) is 1. The number of halogens is 3. The van der Waals surface area contributed by atoms with Crippen LogP contribution >= 0.6 is 62.7 Å². The smallest absolute Gasteiger partial charge is 0.410 e. The van der Waals surface area contributed by atoms with Crippen LogP contribution in [0.4, 0.5) is 52.0 Å². The third-order valence-corrected chi connectivity index (χ3v) is 26.5. The summed E-state index contributed by atoms with van der Waals surface area (Å²) in [4.78, 5) is 156. The van der Waals surface area contributed by atoms with Gasteiger partial charge in [0.1, 0.15) is 48.3 Å². The number of hydrogen-bond acceptors (Lipinski definition) is 35. The van der Waals surface area contributed by atoms with Gasteiger partial charge in [-0.2, -0.15) is 0 Å². The quantitative estimate of drug-likeness (QED) is 0.0427. The number of aromatic nitrogens is 16. The number of nitrogens with two attached hydrogens (primary N) is 4. The van der Waals surface area contributed by atoms with Crippen molar-refractivity contribution in [3.8, 4) is 0 Å². The number of amides is 6. The Morgan fingerprint density at radius 1 is 0.392 bits per heavy atom. The van der Waals surface area contributed by atoms with Gasteiger partial charge in [0.2, 0.25) is 0 Å². The van der Waals surface area contributed by atoms with Crippen molar-refractivity contribution in [3.63, 3.8) is 0 Å². The molecule has 6 atom stereocenters. The molecule has 43 nitrogen and oxygen atoms in total. The fourth-order valence-corrected chi connectivity index (χ4v) is 18.7. The Balaban J connectivity index is 0.000000192. The van der Waals surface area contributed by atoms with Crippen molar-refractivity contribution in [2.45, 2.75) is 274 Å². The van der Waals surface area contributed by atoms with Crippen LogP contribution in [0.5, 0.6) is 0 Å². The number of hydrogen-bond donors (Lipinski definition) is 4. The SMILES string of the molecule is CC(C)(C)OC(=O)N1CCCC(C(=O)CCl)C1.CC(C)(C)OC(=O)N1CCCC(c2cn3c(Br)cnc(N)c3n2)C1.CC(C)(C)OC(=O)N1CCCC(c2cn3ccnc(N)c3n2)C1.CC(C)(C)OC(=O)N1CCCC(c2cn3ccnc(S(C)(=O)=O)c3n2)C1.COC(=O)C1CCCN(C(=O)OC(C)(C)C)C1.CSc1nccn2cc(C3CCCN(C(=O)OC(C)(C)C)C3)nc12.CSc1nccnc1N.Nc1nccnc1Cl. The highest BCUT2D eigenvalue weighted by Crippen LogP contribution is 2.36. The molecule has 812 valence electrons. The Hall–Kier alpha value is -11.7. The van der Waals surface area contributed by atoms with Crippen molar-refractivity contribution in [1.82, 2.24) is 107 Å². The second kappa shape index (κ2) is 53.1. The third kappa shape index (κ3) is 37.2. The number of likely N-dealkylation sites (tertiary alicyclic amines) is 6. The zero-order valence-electron chi connectivity index (χ0n) is 88.7. The van der Waals surface area contributed by atoms with Crippen molar-refractivity contribution in [1.29, 1.82) is 0 Å². The van der Waals surface area contributed by atoms with Gasteiger partial charge in [-0.1, -0.05) is 11.6 Å². The number of alkyl halides is 1. The standard InChI is InChI=1S/C17H24N4O4S.C17H24N4O2S.C16H22BrN5O2.C16H23N5O2.C12H20ClNO3.C12H21NO4.C5H7N3S.C4H4ClN3/c1-17(2,3)25-16(22)21-8-5-6-12(10-21)13-11-20-9-7-18-15(14(20)19-13)26(4,23)24;1-17(2,3)23-16(22)21-8-5-6-12(10-21)13-11-20-9-7-18-15(24-4)14(20)19-13;1-16(2,3)24-15(23)21-6-4-5-10(8-21)11-9-22-12(17)7-19-13(18)14(22)20-11;1-16(2,3)23-15(22)21-7-4-5-11(9-21)12-10-20-8-6-18-13(17)14(20)19-12;1-12(2,3)17-11(16)14-6-4-5-9(8-14)10(15)7-13;1-12(2,3)17-11(15)13-7-5-6-9(8-13)10(14)16-4;1-9-5-4(6)7-2-3-8-5;5-3-4(6)8-2-1-7-3/h7,9,11-12H,5-6,8,10H2,1-4H3;7,9,11-12H,5-6,8,10H2,1-4H3;7,9-10H,4-6,8H2,1-3H3,(H2,18,19);6,8,10-11H,4-5,7,9H2,1-3H3,(H2,17,18);9H,4-8H2,1-3H3;9H,5-8H2,1-4H3;2-3H,1H3,(H2,6,7);1-2H,(H2,6,8). The molecule has 49 heteroatoms. The number of esters is 1. The van der Waals surface area contributed by atoms with Crippen LogP contribution in [0.25, 0.3) is 22.6 Å². The van der Waals surface area contributed by atoms with Gasteiger partial charge in [0.15, 0.2) is 71.7 Å². The molecule has 8 N–H and O–H groups in total. The zero-order chi connectivity index (χ0) is 109. The third-order valence-electron chi connectivity index (χ3n) is 23.0. The van der Waals surface area contributed by atoms with Gasteiger partial charge < -0.3 is 98.7 Å². The lowest BCUT2D eigenvalue weighted by Gasteiger charge is -2.33. The number of methoxy groups -OCH3 is 1. The number of ether oxygens (including phenoxy) is 7. The largest absolute Gasteiger partial charge is 0.469 e. The summed E-state index contributed by atoms with van der Waals surface area (Å²) in [7, 11) is -2.10. The number of sulfone groups is 1. The number of piperidine rings is 6. The van der Waals surface area contributed by atoms with E-state index in [9.17, 15) is 46.8 Å². The first-order valence-corrected chi connectivity index (χ1v) is 55.0. The molecule has 0 bridgehead atoms. The Kier molecular flexibility index (Phi) is 43.0. The van der Waals surface area contributed by atoms with Crippen LogP contribution in [0.2, 0.25) is 5.15 Å². The summed E-state index contributed by atoms with van der Waals surface area (Å²) in [5.74, 6) is 1.64. The van der Waals surface area contributed by atoms with E-state index >= 15 is 0 Å². The van der Waals surface area contributed by atoms with E-state index in [4.69, 9.17) is 84.3 Å². The predicted octanol–water partition coefficient (Wildman–Crippen LogP) is 17.2. The first-order chi connectivity index (χ1) is 69.3. The number of imidazole rings is 4. The molecule has 0 aromatic carbocycles. The molecule has 6 aliphatic heterocycles. The fourth-order valence-electron chi connectivity index (χ4n) is 16.3. The van der Waals surface area contributed by atoms with Gasteiger partial charge in [-0.3, -0.25) is 14.0 Å². The van der Waals surface area contributed by atoms with Crippen LogP contribution in [0.15, 0.2) is 113 Å². The van der Waals surface area contributed by atoms with E-state index < -0.39 is 43.4 Å². The molecule has 10 aromatic heterocycles. The normalized spacial score (nSPS) is 18.3. The van der Waals surface area contributed by atoms with E-state index in [1.165, 1.54) is 37.5 Å². The molecule has 6 aliphatic rings. The lowest BCUT2D eigenvalue weighted by atomic mass is 9.95. The lowest BCUT2D eigenvalue weighted by Crippen LogP contribution is -2.44. The highest BCUT2D eigenvalue weighted by molar-refractivity contribution is 9.10. The first kappa shape index (κ1) is 120. The molecule has 0 saturated carbocycles. The molecule has 10 aromatic rings. The number of carbonyl (C=O) groups is 8. The van der Waals surface area contributed by atoms with Crippen molar-refractivity contribution in [3.05, 3.63) is 125 Å². The number of anilines is 4. The van der Waals surface area contributed by atoms with E-state index in [-0.39, 0.29) is 106 Å². The number of carbonyl (C=O) groups excluding carboxylic acids is 8. The molecular weight excluding hydrogens is 2070 g/mol. The van der Waals surface area contributed by atoms with E-state index in [2.05, 4.69) is 77.0 Å². The van der Waals surface area contributed by atoms with E-state index in [1.54, 1.807) is 82.7 Å². The van der Waals surface area contributed by atoms with Gasteiger partial charge in [-0.15, -0.1) is 35.1 Å². The summed E-state index contributed by atoms with van der Waals surface area (Å²) >= 11 is 17.5. The van der Waals surface area contributed by atoms with E-state index in [0.29, 0.717) is 99.8 Å². The molecule has 6 fully saturated rings. The minimum Gasteiger partial charge on any atom is -0.469 e. The number of nitrogens with zero attached hydrogens (tertiary/aromatic N) is 22. The van der Waals surface area contributed by atoms with Crippen molar-refractivity contribution >= 4 is 167 Å². The van der Waals surface area contributed by atoms with Crippen molar-refractivity contribution in [2.24, 2.45) is 11.8 Å². The Morgan fingerprint density at radius 3 is 1.05 bits per heavy atom. The average Bonchev–Trinajstić information content (AvgIpc) is 1.65. The molecule has 16 heterocycles. The number of thioether (sulfide) groups is 2. The number of ketones is 1. The van der Waals surface area contributed by atoms with Gasteiger partial charge in [-0.25, -0.2) is 97.0 Å². The summed E-state index contributed by atoms with van der Waals surface area (Å²) in [6.45, 7) is 40.8. The Labute approximate surface area is 892 Å². The van der Waals surface area contributed by atoms with Crippen molar-refractivity contribution < 1.29 is 79.9 Å². The maximum absolute atomic E-state index is 12.3. The number of nitrogen functional groups attached to an aromatic ring is 4. The summed E-state index contributed by atoms with van der Waals surface area (Å²) in [5, 5.41) is 1.93. The van der Waals surface area contributed by atoms with Crippen LogP contribution in [0.3, 0.4) is 0 Å².